The topological polar surface area (TPSA) is 73.1 Å². The molecule has 0 spiro atoms. The van der Waals surface area contributed by atoms with Crippen LogP contribution in [0.3, 0.4) is 0 Å². The van der Waals surface area contributed by atoms with Crippen molar-refractivity contribution in [2.75, 3.05) is 24.6 Å². The van der Waals surface area contributed by atoms with Crippen molar-refractivity contribution >= 4 is 28.3 Å². The molecule has 4 aromatic rings. The summed E-state index contributed by atoms with van der Waals surface area (Å²) >= 11 is 5.92. The van der Waals surface area contributed by atoms with Gasteiger partial charge in [-0.2, -0.15) is 0 Å². The van der Waals surface area contributed by atoms with E-state index in [1.165, 1.54) is 25.2 Å². The maximum Gasteiger partial charge on any atom is 0.295 e. The third-order valence-electron chi connectivity index (χ3n) is 6.15. The number of morpholine rings is 1. The summed E-state index contributed by atoms with van der Waals surface area (Å²) in [6.07, 6.45) is -1.58. The summed E-state index contributed by atoms with van der Waals surface area (Å²) in [4.78, 5) is 27.9. The van der Waals surface area contributed by atoms with Gasteiger partial charge < -0.3 is 9.64 Å². The number of anilines is 1. The van der Waals surface area contributed by atoms with Gasteiger partial charge in [0.1, 0.15) is 28.9 Å². The van der Waals surface area contributed by atoms with Gasteiger partial charge in [0.2, 0.25) is 0 Å². The molecule has 11 heteroatoms. The molecular formula is C25H21ClF3N5O2. The van der Waals surface area contributed by atoms with Crippen LogP contribution in [0, 0.1) is 12.7 Å². The first kappa shape index (κ1) is 24.2. The Morgan fingerprint density at radius 3 is 2.69 bits per heavy atom. The van der Waals surface area contributed by atoms with Crippen molar-refractivity contribution in [1.29, 1.82) is 0 Å². The maximum atomic E-state index is 15.0. The van der Waals surface area contributed by atoms with Crippen LogP contribution >= 0.6 is 11.6 Å². The SMILES string of the molecule is Cc1cc([C@H]2CN(c3cc4c(=O)n(C)c(C(F)F)nc4c(-c4ccc(Cl)cc4F)n3)CCO2)ccn1. The van der Waals surface area contributed by atoms with Gasteiger partial charge in [0.25, 0.3) is 12.0 Å². The van der Waals surface area contributed by atoms with E-state index in [0.717, 1.165) is 21.9 Å². The van der Waals surface area contributed by atoms with Crippen LogP contribution in [0.1, 0.15) is 29.6 Å². The lowest BCUT2D eigenvalue weighted by Gasteiger charge is -2.34. The van der Waals surface area contributed by atoms with Crippen molar-refractivity contribution < 1.29 is 17.9 Å². The first-order valence-electron chi connectivity index (χ1n) is 11.2. The molecule has 1 fully saturated rings. The van der Waals surface area contributed by atoms with E-state index in [9.17, 15) is 18.0 Å². The summed E-state index contributed by atoms with van der Waals surface area (Å²) in [6, 6.07) is 9.27. The zero-order valence-electron chi connectivity index (χ0n) is 19.4. The van der Waals surface area contributed by atoms with Crippen LogP contribution in [-0.2, 0) is 11.8 Å². The highest BCUT2D eigenvalue weighted by Crippen LogP contribution is 2.33. The van der Waals surface area contributed by atoms with Gasteiger partial charge in [-0.3, -0.25) is 14.3 Å². The van der Waals surface area contributed by atoms with Crippen LogP contribution in [0.2, 0.25) is 5.02 Å². The molecule has 0 N–H and O–H groups in total. The number of nitrogens with zero attached hydrogens (tertiary/aromatic N) is 5. The maximum absolute atomic E-state index is 15.0. The number of fused-ring (bicyclic) bond motifs is 1. The third-order valence-corrected chi connectivity index (χ3v) is 6.38. The smallest absolute Gasteiger partial charge is 0.295 e. The second-order valence-corrected chi connectivity index (χ2v) is 8.96. The number of halogens is 4. The van der Waals surface area contributed by atoms with E-state index in [-0.39, 0.29) is 33.3 Å². The number of aromatic nitrogens is 4. The molecule has 0 radical (unpaired) electrons. The van der Waals surface area contributed by atoms with Gasteiger partial charge in [-0.25, -0.2) is 23.1 Å². The summed E-state index contributed by atoms with van der Waals surface area (Å²) in [5, 5.41) is 0.219. The molecule has 0 bridgehead atoms. The molecule has 3 aromatic heterocycles. The molecule has 7 nitrogen and oxygen atoms in total. The van der Waals surface area contributed by atoms with Gasteiger partial charge >= 0.3 is 0 Å². The Hall–Kier alpha value is -3.50. The van der Waals surface area contributed by atoms with Crippen molar-refractivity contribution in [3.8, 4) is 11.3 Å². The number of hydrogen-bond acceptors (Lipinski definition) is 6. The Kier molecular flexibility index (Phi) is 6.40. The van der Waals surface area contributed by atoms with E-state index in [0.29, 0.717) is 25.5 Å². The first-order valence-corrected chi connectivity index (χ1v) is 11.5. The average molecular weight is 516 g/mol. The summed E-state index contributed by atoms with van der Waals surface area (Å²) in [7, 11) is 1.23. The van der Waals surface area contributed by atoms with E-state index in [1.807, 2.05) is 24.0 Å². The van der Waals surface area contributed by atoms with Crippen LogP contribution in [-0.4, -0.2) is 39.2 Å². The number of rotatable bonds is 4. The second-order valence-electron chi connectivity index (χ2n) is 8.52. The Bertz CT molecular complexity index is 1530. The zero-order chi connectivity index (χ0) is 25.6. The van der Waals surface area contributed by atoms with E-state index in [4.69, 9.17) is 16.3 Å². The minimum atomic E-state index is -3.00. The van der Waals surface area contributed by atoms with Gasteiger partial charge in [0, 0.05) is 42.6 Å². The van der Waals surface area contributed by atoms with Gasteiger partial charge in [-0.05, 0) is 48.9 Å². The molecule has 36 heavy (non-hydrogen) atoms. The molecule has 1 aliphatic rings. The number of alkyl halides is 2. The van der Waals surface area contributed by atoms with Crippen molar-refractivity contribution in [1.82, 2.24) is 19.5 Å². The molecule has 1 aliphatic heterocycles. The molecule has 1 atom stereocenters. The van der Waals surface area contributed by atoms with E-state index in [2.05, 4.69) is 15.0 Å². The van der Waals surface area contributed by atoms with Crippen LogP contribution in [0.25, 0.3) is 22.2 Å². The quantitative estimate of drug-likeness (QED) is 0.380. The highest BCUT2D eigenvalue weighted by Gasteiger charge is 2.27. The number of pyridine rings is 2. The molecule has 5 rings (SSSR count). The van der Waals surface area contributed by atoms with Gasteiger partial charge in [-0.15, -0.1) is 0 Å². The summed E-state index contributed by atoms with van der Waals surface area (Å²) in [5.74, 6) is -1.05. The van der Waals surface area contributed by atoms with Gasteiger partial charge in [0.05, 0.1) is 12.0 Å². The molecule has 186 valence electrons. The fraction of sp³-hybridized carbons (Fsp3) is 0.280. The van der Waals surface area contributed by atoms with Crippen LogP contribution < -0.4 is 10.5 Å². The summed E-state index contributed by atoms with van der Waals surface area (Å²) in [6.45, 7) is 3.15. The third kappa shape index (κ3) is 4.42. The molecular weight excluding hydrogens is 495 g/mol. The number of aryl methyl sites for hydroxylation is 1. The van der Waals surface area contributed by atoms with Crippen LogP contribution in [0.4, 0.5) is 19.0 Å². The predicted molar refractivity (Wildman–Crippen MR) is 130 cm³/mol. The lowest BCUT2D eigenvalue weighted by atomic mass is 10.1. The average Bonchev–Trinajstić information content (AvgIpc) is 2.85. The van der Waals surface area contributed by atoms with Crippen LogP contribution in [0.15, 0.2) is 47.4 Å². The molecule has 4 heterocycles. The van der Waals surface area contributed by atoms with E-state index >= 15 is 0 Å². The normalized spacial score (nSPS) is 16.2. The van der Waals surface area contributed by atoms with Crippen molar-refractivity contribution in [3.63, 3.8) is 0 Å². The predicted octanol–water partition coefficient (Wildman–Crippen LogP) is 5.01. The largest absolute Gasteiger partial charge is 0.370 e. The minimum absolute atomic E-state index is 0.00165. The van der Waals surface area contributed by atoms with Crippen molar-refractivity contribution in [3.05, 3.63) is 80.9 Å². The zero-order valence-corrected chi connectivity index (χ0v) is 20.1. The Morgan fingerprint density at radius 2 is 1.97 bits per heavy atom. The molecule has 1 saturated heterocycles. The minimum Gasteiger partial charge on any atom is -0.370 e. The monoisotopic (exact) mass is 515 g/mol. The molecule has 0 aliphatic carbocycles. The summed E-state index contributed by atoms with van der Waals surface area (Å²) in [5.41, 5.74) is 0.996. The summed E-state index contributed by atoms with van der Waals surface area (Å²) < 4.78 is 49.0. The standard InChI is InChI=1S/C25H21ClF3N5O2/c1-13-9-14(5-6-30-13)19-12-34(7-8-36-19)20-11-17-22(32-24(23(28)29)33(2)25(17)35)21(31-20)16-4-3-15(26)10-18(16)27/h3-6,9-11,19,23H,7-8,12H2,1-2H3/t19-/m1/s1. The molecule has 1 aromatic carbocycles. The lowest BCUT2D eigenvalue weighted by Crippen LogP contribution is -2.39. The second kappa shape index (κ2) is 9.51. The highest BCUT2D eigenvalue weighted by molar-refractivity contribution is 6.30. The van der Waals surface area contributed by atoms with E-state index < -0.39 is 23.6 Å². The Balaban J connectivity index is 1.69. The number of benzene rings is 1. The Morgan fingerprint density at radius 1 is 1.17 bits per heavy atom. The fourth-order valence-corrected chi connectivity index (χ4v) is 4.49. The van der Waals surface area contributed by atoms with E-state index in [1.54, 1.807) is 6.20 Å². The molecule has 0 unspecified atom stereocenters. The lowest BCUT2D eigenvalue weighted by molar-refractivity contribution is 0.0394. The van der Waals surface area contributed by atoms with Crippen LogP contribution in [0.5, 0.6) is 0 Å². The number of ether oxygens (including phenoxy) is 1. The van der Waals surface area contributed by atoms with Crippen molar-refractivity contribution in [2.45, 2.75) is 19.5 Å². The van der Waals surface area contributed by atoms with Gasteiger partial charge in [0.15, 0.2) is 5.82 Å². The highest BCUT2D eigenvalue weighted by atomic mass is 35.5. The Labute approximate surface area is 209 Å². The van der Waals surface area contributed by atoms with Gasteiger partial charge in [-0.1, -0.05) is 11.6 Å². The number of hydrogen-bond donors (Lipinski definition) is 0. The fourth-order valence-electron chi connectivity index (χ4n) is 4.33. The molecule has 0 saturated carbocycles. The molecule has 0 amide bonds. The first-order chi connectivity index (χ1) is 17.2. The van der Waals surface area contributed by atoms with Crippen molar-refractivity contribution in [2.24, 2.45) is 7.05 Å².